The summed E-state index contributed by atoms with van der Waals surface area (Å²) < 4.78 is 33.2. The number of rotatable bonds is 7. The van der Waals surface area contributed by atoms with Crippen LogP contribution in [0.2, 0.25) is 0 Å². The Morgan fingerprint density at radius 1 is 1.05 bits per heavy atom. The lowest BCUT2D eigenvalue weighted by Gasteiger charge is -2.31. The van der Waals surface area contributed by atoms with Crippen LogP contribution in [0.5, 0.6) is 0 Å². The number of thiophene rings is 1. The highest BCUT2D eigenvalue weighted by Gasteiger charge is 2.29. The molecular weight excluding hydrogens is 519 g/mol. The topological polar surface area (TPSA) is 57.6 Å². The fraction of sp³-hybridized carbons (Fsp3) is 0.333. The van der Waals surface area contributed by atoms with Crippen molar-refractivity contribution in [3.8, 4) is 0 Å². The van der Waals surface area contributed by atoms with Gasteiger partial charge < -0.3 is 4.90 Å². The van der Waals surface area contributed by atoms with Gasteiger partial charge in [0, 0.05) is 21.0 Å². The molecule has 4 nitrogen and oxygen atoms in total. The van der Waals surface area contributed by atoms with Crippen molar-refractivity contribution in [1.29, 1.82) is 0 Å². The predicted octanol–water partition coefficient (Wildman–Crippen LogP) is 8.33. The van der Waals surface area contributed by atoms with Gasteiger partial charge >= 0.3 is 0 Å². The van der Waals surface area contributed by atoms with Gasteiger partial charge in [-0.1, -0.05) is 68.9 Å². The van der Waals surface area contributed by atoms with Crippen LogP contribution in [0.4, 0.5) is 5.69 Å². The number of para-hydroxylation sites is 1. The van der Waals surface area contributed by atoms with E-state index in [1.807, 2.05) is 23.5 Å². The van der Waals surface area contributed by atoms with Crippen molar-refractivity contribution in [2.75, 3.05) is 17.2 Å². The highest BCUT2D eigenvalue weighted by atomic mass is 32.2. The zero-order chi connectivity index (χ0) is 26.2. The minimum Gasteiger partial charge on any atom is -0.335 e. The highest BCUT2D eigenvalue weighted by molar-refractivity contribution is 8.03. The molecule has 0 saturated carbocycles. The molecule has 5 rings (SSSR count). The van der Waals surface area contributed by atoms with Crippen LogP contribution in [0.1, 0.15) is 50.5 Å². The second kappa shape index (κ2) is 10.4. The summed E-state index contributed by atoms with van der Waals surface area (Å²) in [5.41, 5.74) is 5.30. The molecule has 1 aliphatic carbocycles. The van der Waals surface area contributed by atoms with E-state index in [0.29, 0.717) is 13.0 Å². The molecule has 3 aromatic rings. The van der Waals surface area contributed by atoms with Gasteiger partial charge in [-0.05, 0) is 83.5 Å². The monoisotopic (exact) mass is 551 g/mol. The first-order valence-corrected chi connectivity index (χ1v) is 16.0. The van der Waals surface area contributed by atoms with E-state index in [4.69, 9.17) is 0 Å². The predicted molar refractivity (Wildman–Crippen MR) is 159 cm³/mol. The first-order valence-electron chi connectivity index (χ1n) is 12.7. The molecule has 0 atom stereocenters. The van der Waals surface area contributed by atoms with E-state index in [-0.39, 0.29) is 11.2 Å². The number of anilines is 1. The number of fused-ring (bicyclic) bond motifs is 2. The van der Waals surface area contributed by atoms with E-state index in [1.54, 1.807) is 11.8 Å². The average molecular weight is 552 g/mol. The van der Waals surface area contributed by atoms with Crippen molar-refractivity contribution in [3.63, 3.8) is 0 Å². The summed E-state index contributed by atoms with van der Waals surface area (Å²) in [7, 11) is -3.98. The number of thioether (sulfide) groups is 1. The fourth-order valence-electron chi connectivity index (χ4n) is 5.42. The van der Waals surface area contributed by atoms with Gasteiger partial charge in [0.2, 0.25) is 0 Å². The van der Waals surface area contributed by atoms with Crippen LogP contribution in [0, 0.1) is 5.41 Å². The summed E-state index contributed by atoms with van der Waals surface area (Å²) in [5, 5.41) is 2.47. The first-order chi connectivity index (χ1) is 17.6. The Morgan fingerprint density at radius 2 is 1.81 bits per heavy atom. The van der Waals surface area contributed by atoms with E-state index < -0.39 is 10.1 Å². The van der Waals surface area contributed by atoms with Gasteiger partial charge in [-0.2, -0.15) is 8.42 Å². The summed E-state index contributed by atoms with van der Waals surface area (Å²) in [6.07, 6.45) is 10.4. The molecule has 2 heterocycles. The Hall–Kier alpha value is -2.32. The lowest BCUT2D eigenvalue weighted by Crippen LogP contribution is -2.22. The van der Waals surface area contributed by atoms with Crippen LogP contribution >= 0.6 is 23.1 Å². The van der Waals surface area contributed by atoms with E-state index >= 15 is 0 Å². The maximum absolute atomic E-state index is 11.3. The van der Waals surface area contributed by atoms with Crippen molar-refractivity contribution >= 4 is 55.1 Å². The van der Waals surface area contributed by atoms with Gasteiger partial charge in [0.1, 0.15) is 0 Å². The molecule has 194 valence electrons. The van der Waals surface area contributed by atoms with Crippen molar-refractivity contribution in [2.24, 2.45) is 5.41 Å². The molecular formula is C30H33NO3S3. The molecule has 2 aliphatic rings. The Bertz CT molecular complexity index is 1530. The molecule has 0 amide bonds. The Labute approximate surface area is 228 Å². The van der Waals surface area contributed by atoms with Gasteiger partial charge in [-0.25, -0.2) is 0 Å². The summed E-state index contributed by atoms with van der Waals surface area (Å²) in [6, 6.07) is 16.9. The third kappa shape index (κ3) is 6.06. The van der Waals surface area contributed by atoms with E-state index in [1.165, 1.54) is 36.6 Å². The summed E-state index contributed by atoms with van der Waals surface area (Å²) in [5.74, 6) is -0.235. The summed E-state index contributed by atoms with van der Waals surface area (Å²) in [6.45, 7) is 7.44. The fourth-order valence-corrected chi connectivity index (χ4v) is 8.35. The number of benzene rings is 2. The number of hydrogen-bond donors (Lipinski definition) is 1. The Morgan fingerprint density at radius 3 is 2.59 bits per heavy atom. The first kappa shape index (κ1) is 26.3. The van der Waals surface area contributed by atoms with Crippen LogP contribution in [0.15, 0.2) is 81.8 Å². The van der Waals surface area contributed by atoms with Crippen molar-refractivity contribution in [3.05, 3.63) is 87.3 Å². The lowest BCUT2D eigenvalue weighted by atomic mass is 9.75. The van der Waals surface area contributed by atoms with Crippen LogP contribution in [0.3, 0.4) is 0 Å². The van der Waals surface area contributed by atoms with E-state index in [0.717, 1.165) is 30.0 Å². The van der Waals surface area contributed by atoms with Gasteiger partial charge in [0.25, 0.3) is 10.1 Å². The number of nitrogens with zero attached hydrogens (tertiary/aromatic N) is 1. The van der Waals surface area contributed by atoms with Crippen LogP contribution < -0.4 is 4.90 Å². The van der Waals surface area contributed by atoms with Crippen molar-refractivity contribution in [1.82, 2.24) is 0 Å². The van der Waals surface area contributed by atoms with Crippen LogP contribution in [-0.2, 0) is 16.5 Å². The van der Waals surface area contributed by atoms with E-state index in [9.17, 15) is 13.0 Å². The average Bonchev–Trinajstić information content (AvgIpc) is 3.34. The summed E-state index contributed by atoms with van der Waals surface area (Å²) >= 11 is 3.60. The summed E-state index contributed by atoms with van der Waals surface area (Å²) in [4.78, 5) is 4.72. The van der Waals surface area contributed by atoms with Crippen molar-refractivity contribution in [2.45, 2.75) is 51.3 Å². The zero-order valence-electron chi connectivity index (χ0n) is 21.5. The third-order valence-electron chi connectivity index (χ3n) is 6.87. The molecule has 1 aliphatic heterocycles. The minimum absolute atomic E-state index is 0.141. The smallest absolute Gasteiger partial charge is 0.264 e. The van der Waals surface area contributed by atoms with Gasteiger partial charge in [-0.15, -0.1) is 11.3 Å². The number of allylic oxidation sites excluding steroid dienone is 4. The Balaban J connectivity index is 1.49. The minimum atomic E-state index is -3.98. The van der Waals surface area contributed by atoms with Gasteiger partial charge in [0.05, 0.1) is 16.5 Å². The molecule has 37 heavy (non-hydrogen) atoms. The van der Waals surface area contributed by atoms with Crippen LogP contribution in [-0.4, -0.2) is 25.3 Å². The molecule has 0 spiro atoms. The molecule has 1 N–H and O–H groups in total. The highest BCUT2D eigenvalue weighted by Crippen LogP contribution is 2.48. The zero-order valence-corrected chi connectivity index (χ0v) is 24.0. The maximum Gasteiger partial charge on any atom is 0.264 e. The quantitative estimate of drug-likeness (QED) is 0.299. The second-order valence-electron chi connectivity index (χ2n) is 10.6. The second-order valence-corrected chi connectivity index (χ2v) is 14.3. The largest absolute Gasteiger partial charge is 0.335 e. The molecule has 0 fully saturated rings. The molecule has 0 bridgehead atoms. The molecule has 0 saturated heterocycles. The lowest BCUT2D eigenvalue weighted by molar-refractivity contribution is 0.356. The molecule has 0 unspecified atom stereocenters. The van der Waals surface area contributed by atoms with Gasteiger partial charge in [0.15, 0.2) is 0 Å². The van der Waals surface area contributed by atoms with E-state index in [2.05, 4.69) is 80.3 Å². The number of hydrogen-bond acceptors (Lipinski definition) is 5. The molecule has 7 heteroatoms. The Kier molecular flexibility index (Phi) is 7.42. The van der Waals surface area contributed by atoms with Crippen molar-refractivity contribution < 1.29 is 13.0 Å². The normalized spacial score (nSPS) is 19.6. The molecule has 2 aromatic carbocycles. The van der Waals surface area contributed by atoms with Gasteiger partial charge in [-0.3, -0.25) is 4.55 Å². The maximum atomic E-state index is 11.3. The van der Waals surface area contributed by atoms with Crippen LogP contribution in [0.25, 0.3) is 16.2 Å². The standard InChI is InChI=1S/C30H33NO3S3/c1-4-23-24-10-5-7-12-26(24)35-28(23)17-21-16-22(20-30(2,3)19-21)18-29-31(14-9-15-37(32,33)34)25-11-6-8-13-27(25)36-29/h5-8,10-13,16-18H,4,9,14-15,19-20H2,1-3H3,(H,32,33,34)/b21-17-,29-18-. The molecule has 0 radical (unpaired) electrons. The third-order valence-corrected chi connectivity index (χ3v) is 9.94. The molecule has 1 aromatic heterocycles. The number of aryl methyl sites for hydroxylation is 1. The SMILES string of the molecule is CCc1c(/C=C2C=C(/C=C3\Sc4ccccc4N3CCCS(=O)(=O)O)CC(C)(C)C/2)sc2ccccc12.